The Bertz CT molecular complexity index is 720. The van der Waals surface area contributed by atoms with Crippen molar-refractivity contribution in [1.29, 1.82) is 0 Å². The summed E-state index contributed by atoms with van der Waals surface area (Å²) in [6.45, 7) is 0. The Morgan fingerprint density at radius 3 is 2.80 bits per heavy atom. The molecule has 0 saturated heterocycles. The summed E-state index contributed by atoms with van der Waals surface area (Å²) < 4.78 is 3.07. The molecule has 0 aliphatic carbocycles. The van der Waals surface area contributed by atoms with Crippen LogP contribution in [-0.4, -0.2) is 16.7 Å². The fourth-order valence-corrected chi connectivity index (χ4v) is 2.92. The van der Waals surface area contributed by atoms with Crippen LogP contribution in [0, 0.1) is 0 Å². The van der Waals surface area contributed by atoms with Crippen LogP contribution in [0.5, 0.6) is 0 Å². The lowest BCUT2D eigenvalue weighted by molar-refractivity contribution is 0.595. The van der Waals surface area contributed by atoms with Crippen LogP contribution in [0.1, 0.15) is 17.2 Å². The molecule has 0 aliphatic heterocycles. The molecule has 4 heteroatoms. The first kappa shape index (κ1) is 13.3. The Morgan fingerprint density at radius 1 is 1.20 bits per heavy atom. The van der Waals surface area contributed by atoms with Crippen molar-refractivity contribution in [3.8, 4) is 0 Å². The maximum absolute atomic E-state index is 4.42. The van der Waals surface area contributed by atoms with Gasteiger partial charge in [0.25, 0.3) is 0 Å². The van der Waals surface area contributed by atoms with Gasteiger partial charge in [0.2, 0.25) is 0 Å². The highest BCUT2D eigenvalue weighted by Crippen LogP contribution is 2.26. The number of hydrogen-bond acceptors (Lipinski definition) is 2. The van der Waals surface area contributed by atoms with E-state index in [0.717, 1.165) is 16.4 Å². The van der Waals surface area contributed by atoms with Crippen LogP contribution in [0.25, 0.3) is 5.52 Å². The van der Waals surface area contributed by atoms with Gasteiger partial charge in [-0.05, 0) is 37.2 Å². The summed E-state index contributed by atoms with van der Waals surface area (Å²) in [6.07, 6.45) is 4.85. The van der Waals surface area contributed by atoms with Crippen molar-refractivity contribution in [1.82, 2.24) is 14.9 Å². The molecule has 2 aromatic heterocycles. The van der Waals surface area contributed by atoms with Gasteiger partial charge in [-0.15, -0.1) is 0 Å². The first-order valence-corrected chi connectivity index (χ1v) is 7.42. The molecule has 20 heavy (non-hydrogen) atoms. The van der Waals surface area contributed by atoms with Crippen molar-refractivity contribution in [2.45, 2.75) is 12.5 Å². The molecule has 0 amide bonds. The molecule has 1 N–H and O–H groups in total. The van der Waals surface area contributed by atoms with E-state index in [9.17, 15) is 0 Å². The highest BCUT2D eigenvalue weighted by Gasteiger charge is 2.16. The Balaban J connectivity index is 1.96. The van der Waals surface area contributed by atoms with Gasteiger partial charge in [0.15, 0.2) is 0 Å². The molecule has 1 atom stereocenters. The van der Waals surface area contributed by atoms with E-state index in [2.05, 4.69) is 50.6 Å². The number of benzene rings is 1. The summed E-state index contributed by atoms with van der Waals surface area (Å²) in [5.41, 5.74) is 3.67. The topological polar surface area (TPSA) is 29.3 Å². The fraction of sp³-hybridized carbons (Fsp3) is 0.188. The third kappa shape index (κ3) is 2.49. The van der Waals surface area contributed by atoms with Crippen LogP contribution in [0.3, 0.4) is 0 Å². The quantitative estimate of drug-likeness (QED) is 0.792. The SMILES string of the molecule is CNC(Cc1ccccc1Br)c1cnn2ccccc12. The molecule has 3 rings (SSSR count). The average molecular weight is 330 g/mol. The van der Waals surface area contributed by atoms with Crippen LogP contribution in [0.15, 0.2) is 59.3 Å². The molecule has 0 spiro atoms. The number of likely N-dealkylation sites (N-methyl/N-ethyl adjacent to an activating group) is 1. The zero-order chi connectivity index (χ0) is 13.9. The van der Waals surface area contributed by atoms with E-state index in [1.165, 1.54) is 11.1 Å². The van der Waals surface area contributed by atoms with Gasteiger partial charge < -0.3 is 5.32 Å². The van der Waals surface area contributed by atoms with E-state index in [4.69, 9.17) is 0 Å². The Hall–Kier alpha value is -1.65. The fourth-order valence-electron chi connectivity index (χ4n) is 2.47. The summed E-state index contributed by atoms with van der Waals surface area (Å²) in [5, 5.41) is 7.81. The molecular weight excluding hydrogens is 314 g/mol. The molecular formula is C16H16BrN3. The molecule has 3 nitrogen and oxygen atoms in total. The van der Waals surface area contributed by atoms with Crippen LogP contribution in [0.2, 0.25) is 0 Å². The lowest BCUT2D eigenvalue weighted by Crippen LogP contribution is -2.18. The number of fused-ring (bicyclic) bond motifs is 1. The van der Waals surface area contributed by atoms with Gasteiger partial charge in [0.05, 0.1) is 11.7 Å². The van der Waals surface area contributed by atoms with E-state index in [-0.39, 0.29) is 6.04 Å². The third-order valence-corrected chi connectivity index (χ3v) is 4.34. The van der Waals surface area contributed by atoms with E-state index in [0.29, 0.717) is 0 Å². The second-order valence-corrected chi connectivity index (χ2v) is 5.62. The normalized spacial score (nSPS) is 12.7. The maximum atomic E-state index is 4.42. The molecule has 0 bridgehead atoms. The van der Waals surface area contributed by atoms with Crippen LogP contribution < -0.4 is 5.32 Å². The lowest BCUT2D eigenvalue weighted by Gasteiger charge is -2.16. The largest absolute Gasteiger partial charge is 0.313 e. The predicted molar refractivity (Wildman–Crippen MR) is 84.8 cm³/mol. The second kappa shape index (κ2) is 5.77. The molecule has 1 aromatic carbocycles. The summed E-state index contributed by atoms with van der Waals surface area (Å²) >= 11 is 3.62. The second-order valence-electron chi connectivity index (χ2n) is 4.77. The van der Waals surface area contributed by atoms with Crippen LogP contribution in [0.4, 0.5) is 0 Å². The highest BCUT2D eigenvalue weighted by atomic mass is 79.9. The minimum atomic E-state index is 0.244. The zero-order valence-corrected chi connectivity index (χ0v) is 12.8. The highest BCUT2D eigenvalue weighted by molar-refractivity contribution is 9.10. The summed E-state index contributed by atoms with van der Waals surface area (Å²) in [7, 11) is 1.99. The van der Waals surface area contributed by atoms with E-state index in [1.807, 2.05) is 42.2 Å². The monoisotopic (exact) mass is 329 g/mol. The van der Waals surface area contributed by atoms with Gasteiger partial charge in [-0.25, -0.2) is 4.52 Å². The first-order valence-electron chi connectivity index (χ1n) is 6.62. The van der Waals surface area contributed by atoms with Gasteiger partial charge in [0.1, 0.15) is 0 Å². The van der Waals surface area contributed by atoms with E-state index >= 15 is 0 Å². The molecule has 2 heterocycles. The minimum absolute atomic E-state index is 0.244. The van der Waals surface area contributed by atoms with E-state index < -0.39 is 0 Å². The number of rotatable bonds is 4. The Kier molecular flexibility index (Phi) is 3.85. The summed E-state index contributed by atoms with van der Waals surface area (Å²) in [6, 6.07) is 14.7. The Morgan fingerprint density at radius 2 is 2.00 bits per heavy atom. The maximum Gasteiger partial charge on any atom is 0.0709 e. The van der Waals surface area contributed by atoms with Gasteiger partial charge in [-0.1, -0.05) is 40.2 Å². The number of halogens is 1. The first-order chi connectivity index (χ1) is 9.79. The number of nitrogens with one attached hydrogen (secondary N) is 1. The van der Waals surface area contributed by atoms with Crippen molar-refractivity contribution in [3.63, 3.8) is 0 Å². The third-order valence-electron chi connectivity index (χ3n) is 3.56. The summed E-state index contributed by atoms with van der Waals surface area (Å²) in [4.78, 5) is 0. The number of hydrogen-bond donors (Lipinski definition) is 1. The zero-order valence-electron chi connectivity index (χ0n) is 11.3. The number of pyridine rings is 1. The molecule has 0 fully saturated rings. The predicted octanol–water partition coefficient (Wildman–Crippen LogP) is 3.60. The summed E-state index contributed by atoms with van der Waals surface area (Å²) in [5.74, 6) is 0. The Labute approximate surface area is 126 Å². The standard InChI is InChI=1S/C16H16BrN3/c1-18-15(10-12-6-2-3-7-14(12)17)13-11-19-20-9-5-4-8-16(13)20/h2-9,11,15,18H,10H2,1H3. The minimum Gasteiger partial charge on any atom is -0.313 e. The van der Waals surface area contributed by atoms with Crippen molar-refractivity contribution in [3.05, 3.63) is 70.5 Å². The van der Waals surface area contributed by atoms with Crippen molar-refractivity contribution in [2.24, 2.45) is 0 Å². The molecule has 1 unspecified atom stereocenters. The van der Waals surface area contributed by atoms with Gasteiger partial charge in [0, 0.05) is 22.3 Å². The van der Waals surface area contributed by atoms with Crippen LogP contribution in [-0.2, 0) is 6.42 Å². The van der Waals surface area contributed by atoms with Gasteiger partial charge in [-0.3, -0.25) is 0 Å². The average Bonchev–Trinajstić information content (AvgIpc) is 2.90. The van der Waals surface area contributed by atoms with Gasteiger partial charge in [-0.2, -0.15) is 5.10 Å². The molecule has 0 saturated carbocycles. The van der Waals surface area contributed by atoms with Crippen molar-refractivity contribution >= 4 is 21.4 Å². The number of aromatic nitrogens is 2. The number of nitrogens with zero attached hydrogens (tertiary/aromatic N) is 2. The van der Waals surface area contributed by atoms with Crippen molar-refractivity contribution in [2.75, 3.05) is 7.05 Å². The van der Waals surface area contributed by atoms with Crippen LogP contribution >= 0.6 is 15.9 Å². The van der Waals surface area contributed by atoms with Gasteiger partial charge >= 0.3 is 0 Å². The molecule has 0 radical (unpaired) electrons. The lowest BCUT2D eigenvalue weighted by atomic mass is 10.00. The molecule has 3 aromatic rings. The van der Waals surface area contributed by atoms with E-state index in [1.54, 1.807) is 0 Å². The van der Waals surface area contributed by atoms with Crippen molar-refractivity contribution < 1.29 is 0 Å². The molecule has 102 valence electrons. The molecule has 0 aliphatic rings. The smallest absolute Gasteiger partial charge is 0.0709 e.